The third-order valence-corrected chi connectivity index (χ3v) is 7.14. The van der Waals surface area contributed by atoms with Gasteiger partial charge < -0.3 is 4.74 Å². The third kappa shape index (κ3) is 4.07. The Morgan fingerprint density at radius 3 is 2.75 bits per heavy atom. The Labute approximate surface area is 169 Å². The van der Waals surface area contributed by atoms with Crippen LogP contribution in [0.5, 0.6) is 5.75 Å². The molecule has 0 saturated heterocycles. The fourth-order valence-corrected chi connectivity index (χ4v) is 5.41. The van der Waals surface area contributed by atoms with Crippen LogP contribution in [0, 0.1) is 0 Å². The molecule has 146 valence electrons. The minimum Gasteiger partial charge on any atom is -0.495 e. The molecule has 1 aliphatic carbocycles. The van der Waals surface area contributed by atoms with Crippen LogP contribution < -0.4 is 14.8 Å². The Balaban J connectivity index is 1.56. The molecule has 0 unspecified atom stereocenters. The Kier molecular flexibility index (Phi) is 5.15. The fourth-order valence-electron chi connectivity index (χ4n) is 2.46. The summed E-state index contributed by atoms with van der Waals surface area (Å²) in [5.41, 5.74) is 1.12. The molecule has 28 heavy (non-hydrogen) atoms. The van der Waals surface area contributed by atoms with Crippen LogP contribution in [0.25, 0.3) is 10.6 Å². The average molecular weight is 437 g/mol. The van der Waals surface area contributed by atoms with Crippen LogP contribution in [0.15, 0.2) is 39.9 Å². The van der Waals surface area contributed by atoms with E-state index in [-0.39, 0.29) is 22.3 Å². The molecule has 3 aromatic rings. The van der Waals surface area contributed by atoms with Crippen molar-refractivity contribution >= 4 is 43.7 Å². The van der Waals surface area contributed by atoms with Crippen LogP contribution in [0.3, 0.4) is 0 Å². The second-order valence-electron chi connectivity index (χ2n) is 6.14. The maximum Gasteiger partial charge on any atom is 0.257 e. The molecule has 1 saturated carbocycles. The van der Waals surface area contributed by atoms with E-state index in [4.69, 9.17) is 4.74 Å². The van der Waals surface area contributed by atoms with E-state index in [0.29, 0.717) is 10.1 Å². The number of sulfonamides is 1. The molecule has 1 fully saturated rings. The Morgan fingerprint density at radius 2 is 2.07 bits per heavy atom. The summed E-state index contributed by atoms with van der Waals surface area (Å²) in [5, 5.41) is 15.6. The molecule has 0 aliphatic heterocycles. The summed E-state index contributed by atoms with van der Waals surface area (Å²) >= 11 is 2.79. The number of rotatable bonds is 7. The van der Waals surface area contributed by atoms with E-state index in [1.807, 2.05) is 16.8 Å². The van der Waals surface area contributed by atoms with E-state index in [1.165, 1.54) is 36.6 Å². The van der Waals surface area contributed by atoms with Crippen molar-refractivity contribution in [1.29, 1.82) is 0 Å². The molecule has 1 amide bonds. The molecule has 0 bridgehead atoms. The van der Waals surface area contributed by atoms with Gasteiger partial charge in [0, 0.05) is 22.5 Å². The predicted molar refractivity (Wildman–Crippen MR) is 108 cm³/mol. The Bertz CT molecular complexity index is 1110. The van der Waals surface area contributed by atoms with Crippen LogP contribution in [-0.4, -0.2) is 37.7 Å². The van der Waals surface area contributed by atoms with Crippen LogP contribution in [0.2, 0.25) is 0 Å². The van der Waals surface area contributed by atoms with Gasteiger partial charge in [0.05, 0.1) is 7.11 Å². The zero-order valence-electron chi connectivity index (χ0n) is 14.7. The van der Waals surface area contributed by atoms with Gasteiger partial charge in [0.25, 0.3) is 5.91 Å². The number of carbonyl (C=O) groups excluding carboxylic acids is 1. The van der Waals surface area contributed by atoms with Crippen molar-refractivity contribution in [3.63, 3.8) is 0 Å². The number of ether oxygens (including phenoxy) is 1. The highest BCUT2D eigenvalue weighted by Gasteiger charge is 2.30. The van der Waals surface area contributed by atoms with Gasteiger partial charge in [-0.25, -0.2) is 13.1 Å². The van der Waals surface area contributed by atoms with E-state index in [9.17, 15) is 13.2 Å². The van der Waals surface area contributed by atoms with Gasteiger partial charge in [-0.05, 0) is 42.5 Å². The minimum absolute atomic E-state index is 0.0518. The van der Waals surface area contributed by atoms with E-state index < -0.39 is 15.9 Å². The predicted octanol–water partition coefficient (Wildman–Crippen LogP) is 2.97. The van der Waals surface area contributed by atoms with Gasteiger partial charge in [-0.15, -0.1) is 10.2 Å². The first-order valence-electron chi connectivity index (χ1n) is 8.34. The van der Waals surface area contributed by atoms with Crippen LogP contribution in [0.4, 0.5) is 5.13 Å². The summed E-state index contributed by atoms with van der Waals surface area (Å²) in [7, 11) is -2.39. The Hall–Kier alpha value is -2.34. The molecule has 4 rings (SSSR count). The fraction of sp³-hybridized carbons (Fsp3) is 0.235. The SMILES string of the molecule is COc1ccc(C(=O)Nc2nnc(-c3ccsc3)s2)cc1S(=O)(=O)NC1CC1. The largest absolute Gasteiger partial charge is 0.495 e. The maximum atomic E-state index is 12.6. The number of amides is 1. The lowest BCUT2D eigenvalue weighted by Gasteiger charge is -2.11. The summed E-state index contributed by atoms with van der Waals surface area (Å²) in [6.45, 7) is 0. The number of carbonyl (C=O) groups is 1. The quantitative estimate of drug-likeness (QED) is 0.589. The third-order valence-electron chi connectivity index (χ3n) is 4.03. The number of nitrogens with zero attached hydrogens (tertiary/aromatic N) is 2. The second-order valence-corrected chi connectivity index (χ2v) is 9.58. The summed E-state index contributed by atoms with van der Waals surface area (Å²) in [5.74, 6) is -0.293. The van der Waals surface area contributed by atoms with Crippen molar-refractivity contribution in [3.05, 3.63) is 40.6 Å². The first kappa shape index (κ1) is 19.0. The highest BCUT2D eigenvalue weighted by molar-refractivity contribution is 7.89. The molecule has 1 aromatic carbocycles. The lowest BCUT2D eigenvalue weighted by molar-refractivity contribution is 0.102. The Morgan fingerprint density at radius 1 is 1.25 bits per heavy atom. The van der Waals surface area contributed by atoms with Crippen molar-refractivity contribution in [1.82, 2.24) is 14.9 Å². The van der Waals surface area contributed by atoms with Crippen LogP contribution in [0.1, 0.15) is 23.2 Å². The minimum atomic E-state index is -3.77. The topological polar surface area (TPSA) is 110 Å². The lowest BCUT2D eigenvalue weighted by Crippen LogP contribution is -2.26. The van der Waals surface area contributed by atoms with Crippen LogP contribution >= 0.6 is 22.7 Å². The molecule has 2 aromatic heterocycles. The molecule has 2 heterocycles. The first-order chi connectivity index (χ1) is 13.5. The number of methoxy groups -OCH3 is 1. The van der Waals surface area contributed by atoms with Gasteiger partial charge >= 0.3 is 0 Å². The van der Waals surface area contributed by atoms with Gasteiger partial charge in [0.1, 0.15) is 15.7 Å². The molecular formula is C17H16N4O4S3. The van der Waals surface area contributed by atoms with E-state index >= 15 is 0 Å². The monoisotopic (exact) mass is 436 g/mol. The second kappa shape index (κ2) is 7.59. The lowest BCUT2D eigenvalue weighted by atomic mass is 10.2. The smallest absolute Gasteiger partial charge is 0.257 e. The molecule has 2 N–H and O–H groups in total. The number of anilines is 1. The molecular weight excluding hydrogens is 420 g/mol. The van der Waals surface area contributed by atoms with Crippen molar-refractivity contribution in [2.24, 2.45) is 0 Å². The van der Waals surface area contributed by atoms with Gasteiger partial charge in [-0.2, -0.15) is 11.3 Å². The molecule has 0 spiro atoms. The summed E-state index contributed by atoms with van der Waals surface area (Å²) in [6, 6.07) is 6.15. The van der Waals surface area contributed by atoms with Crippen molar-refractivity contribution in [3.8, 4) is 16.3 Å². The number of hydrogen-bond acceptors (Lipinski definition) is 8. The van der Waals surface area contributed by atoms with Crippen LogP contribution in [-0.2, 0) is 10.0 Å². The van der Waals surface area contributed by atoms with E-state index in [2.05, 4.69) is 20.2 Å². The van der Waals surface area contributed by atoms with E-state index in [1.54, 1.807) is 11.3 Å². The first-order valence-corrected chi connectivity index (χ1v) is 11.6. The summed E-state index contributed by atoms with van der Waals surface area (Å²) < 4.78 is 32.9. The van der Waals surface area contributed by atoms with Gasteiger partial charge in [0.2, 0.25) is 15.2 Å². The maximum absolute atomic E-state index is 12.6. The average Bonchev–Trinajstić information content (AvgIpc) is 3.13. The van der Waals surface area contributed by atoms with Crippen molar-refractivity contribution in [2.45, 2.75) is 23.8 Å². The van der Waals surface area contributed by atoms with Gasteiger partial charge in [0.15, 0.2) is 0 Å². The van der Waals surface area contributed by atoms with Gasteiger partial charge in [-0.3, -0.25) is 10.1 Å². The van der Waals surface area contributed by atoms with Gasteiger partial charge in [-0.1, -0.05) is 11.3 Å². The van der Waals surface area contributed by atoms with Crippen molar-refractivity contribution < 1.29 is 17.9 Å². The molecule has 8 nitrogen and oxygen atoms in total. The summed E-state index contributed by atoms with van der Waals surface area (Å²) in [4.78, 5) is 12.5. The number of nitrogens with one attached hydrogen (secondary N) is 2. The van der Waals surface area contributed by atoms with Crippen molar-refractivity contribution in [2.75, 3.05) is 12.4 Å². The number of aromatic nitrogens is 2. The standard InChI is InChI=1S/C17H16N4O4S3/c1-25-13-5-2-10(8-14(13)28(23,24)21-12-3-4-12)15(22)18-17-20-19-16(27-17)11-6-7-26-9-11/h2,5-9,12,21H,3-4H2,1H3,(H,18,20,22). The molecule has 0 atom stereocenters. The molecule has 0 radical (unpaired) electrons. The zero-order chi connectivity index (χ0) is 19.7. The molecule has 11 heteroatoms. The highest BCUT2D eigenvalue weighted by Crippen LogP contribution is 2.30. The normalized spacial score (nSPS) is 14.0. The summed E-state index contributed by atoms with van der Waals surface area (Å²) in [6.07, 6.45) is 1.62. The highest BCUT2D eigenvalue weighted by atomic mass is 32.2. The number of hydrogen-bond donors (Lipinski definition) is 2. The number of benzene rings is 1. The van der Waals surface area contributed by atoms with E-state index in [0.717, 1.165) is 18.4 Å². The zero-order valence-corrected chi connectivity index (χ0v) is 17.2. The number of thiophene rings is 1. The molecule has 1 aliphatic rings.